The summed E-state index contributed by atoms with van der Waals surface area (Å²) in [5, 5.41) is 2.70. The first-order valence-electron chi connectivity index (χ1n) is 7.87. The van der Waals surface area contributed by atoms with E-state index in [1.54, 1.807) is 0 Å². The van der Waals surface area contributed by atoms with Crippen LogP contribution in [-0.2, 0) is 14.3 Å². The maximum atomic E-state index is 12.3. The summed E-state index contributed by atoms with van der Waals surface area (Å²) >= 11 is 0. The molecule has 1 aliphatic carbocycles. The van der Waals surface area contributed by atoms with Gasteiger partial charge in [0.15, 0.2) is 0 Å². The van der Waals surface area contributed by atoms with Crippen LogP contribution in [0.4, 0.5) is 4.79 Å². The van der Waals surface area contributed by atoms with E-state index in [4.69, 9.17) is 9.47 Å². The van der Waals surface area contributed by atoms with Crippen molar-refractivity contribution in [3.63, 3.8) is 0 Å². The molecule has 21 heavy (non-hydrogen) atoms. The maximum absolute atomic E-state index is 12.3. The summed E-state index contributed by atoms with van der Waals surface area (Å²) in [7, 11) is 0. The van der Waals surface area contributed by atoms with E-state index in [-0.39, 0.29) is 12.6 Å². The van der Waals surface area contributed by atoms with Crippen molar-refractivity contribution in [2.45, 2.75) is 63.8 Å². The molecule has 0 saturated heterocycles. The van der Waals surface area contributed by atoms with Crippen LogP contribution >= 0.6 is 0 Å². The van der Waals surface area contributed by atoms with Gasteiger partial charge in [0, 0.05) is 0 Å². The molecule has 120 valence electrons. The second-order valence-electron chi connectivity index (χ2n) is 5.50. The minimum absolute atomic E-state index is 0.133. The fourth-order valence-corrected chi connectivity index (χ4v) is 2.56. The summed E-state index contributed by atoms with van der Waals surface area (Å²) < 4.78 is 10.3. The molecule has 0 bridgehead atoms. The van der Waals surface area contributed by atoms with Crippen molar-refractivity contribution in [1.29, 1.82) is 0 Å². The maximum Gasteiger partial charge on any atom is 0.408 e. The molecule has 1 amide bonds. The summed E-state index contributed by atoms with van der Waals surface area (Å²) in [5.41, 5.74) is -0.900. The van der Waals surface area contributed by atoms with E-state index >= 15 is 0 Å². The molecule has 1 fully saturated rings. The molecule has 0 aromatic rings. The van der Waals surface area contributed by atoms with Gasteiger partial charge in [-0.05, 0) is 19.3 Å². The highest BCUT2D eigenvalue weighted by atomic mass is 16.6. The molecule has 1 rings (SSSR count). The lowest BCUT2D eigenvalue weighted by atomic mass is 9.98. The Morgan fingerprint density at radius 1 is 1.19 bits per heavy atom. The molecule has 1 aliphatic rings. The topological polar surface area (TPSA) is 64.6 Å². The Labute approximate surface area is 127 Å². The Morgan fingerprint density at radius 3 is 2.52 bits per heavy atom. The standard InChI is InChI=1S/C16H27NO4/c1-3-5-6-9-13-20-14(18)16(10-7-8-11-16)17-15(19)21-12-4-2/h4H,2-3,5-13H2,1H3,(H,17,19). The first-order chi connectivity index (χ1) is 10.1. The van der Waals surface area contributed by atoms with Gasteiger partial charge in [-0.15, -0.1) is 0 Å². The van der Waals surface area contributed by atoms with Crippen LogP contribution in [0.5, 0.6) is 0 Å². The lowest BCUT2D eigenvalue weighted by molar-refractivity contribution is -0.151. The largest absolute Gasteiger partial charge is 0.464 e. The minimum Gasteiger partial charge on any atom is -0.464 e. The highest BCUT2D eigenvalue weighted by Gasteiger charge is 2.44. The Balaban J connectivity index is 2.44. The average Bonchev–Trinajstić information content (AvgIpc) is 2.94. The number of rotatable bonds is 9. The van der Waals surface area contributed by atoms with Gasteiger partial charge in [0.05, 0.1) is 6.61 Å². The van der Waals surface area contributed by atoms with E-state index < -0.39 is 11.6 Å². The molecule has 0 spiro atoms. The molecule has 0 aromatic heterocycles. The predicted octanol–water partition coefficient (Wildman–Crippen LogP) is 3.33. The number of ether oxygens (including phenoxy) is 2. The zero-order chi connectivity index (χ0) is 15.6. The third kappa shape index (κ3) is 5.78. The van der Waals surface area contributed by atoms with E-state index in [9.17, 15) is 9.59 Å². The smallest absolute Gasteiger partial charge is 0.408 e. The normalized spacial score (nSPS) is 16.2. The number of hydrogen-bond acceptors (Lipinski definition) is 4. The molecule has 0 radical (unpaired) electrons. The minimum atomic E-state index is -0.900. The van der Waals surface area contributed by atoms with Gasteiger partial charge in [0.1, 0.15) is 12.1 Å². The average molecular weight is 297 g/mol. The number of hydrogen-bond donors (Lipinski definition) is 1. The number of alkyl carbamates (subject to hydrolysis) is 1. The van der Waals surface area contributed by atoms with E-state index in [0.717, 1.165) is 38.5 Å². The lowest BCUT2D eigenvalue weighted by Crippen LogP contribution is -2.53. The predicted molar refractivity (Wildman–Crippen MR) is 81.0 cm³/mol. The number of nitrogens with one attached hydrogen (secondary N) is 1. The molecule has 0 atom stereocenters. The summed E-state index contributed by atoms with van der Waals surface area (Å²) in [6.07, 6.45) is 8.19. The first kappa shape index (κ1) is 17.5. The number of carbonyl (C=O) groups is 2. The third-order valence-electron chi connectivity index (χ3n) is 3.75. The molecule has 1 saturated carbocycles. The van der Waals surface area contributed by atoms with Crippen molar-refractivity contribution in [3.05, 3.63) is 12.7 Å². The summed E-state index contributed by atoms with van der Waals surface area (Å²) in [6.45, 7) is 6.18. The van der Waals surface area contributed by atoms with Gasteiger partial charge in [-0.1, -0.05) is 51.7 Å². The number of carbonyl (C=O) groups excluding carboxylic acids is 2. The van der Waals surface area contributed by atoms with E-state index in [1.165, 1.54) is 6.08 Å². The highest BCUT2D eigenvalue weighted by Crippen LogP contribution is 2.31. The number of unbranched alkanes of at least 4 members (excludes halogenated alkanes) is 3. The highest BCUT2D eigenvalue weighted by molar-refractivity contribution is 5.86. The van der Waals surface area contributed by atoms with Crippen LogP contribution in [0, 0.1) is 0 Å². The molecular weight excluding hydrogens is 270 g/mol. The van der Waals surface area contributed by atoms with Crippen LogP contribution < -0.4 is 5.32 Å². The van der Waals surface area contributed by atoms with Gasteiger partial charge in [-0.25, -0.2) is 9.59 Å². The lowest BCUT2D eigenvalue weighted by Gasteiger charge is -2.27. The molecule has 0 heterocycles. The van der Waals surface area contributed by atoms with E-state index in [2.05, 4.69) is 18.8 Å². The fourth-order valence-electron chi connectivity index (χ4n) is 2.56. The van der Waals surface area contributed by atoms with Crippen molar-refractivity contribution in [3.8, 4) is 0 Å². The molecule has 5 nitrogen and oxygen atoms in total. The second kappa shape index (κ2) is 9.42. The van der Waals surface area contributed by atoms with Gasteiger partial charge in [-0.2, -0.15) is 0 Å². The Hall–Kier alpha value is -1.52. The summed E-state index contributed by atoms with van der Waals surface area (Å²) in [4.78, 5) is 24.0. The van der Waals surface area contributed by atoms with Gasteiger partial charge >= 0.3 is 12.1 Å². The van der Waals surface area contributed by atoms with Gasteiger partial charge in [0.25, 0.3) is 0 Å². The van der Waals surface area contributed by atoms with Crippen molar-refractivity contribution < 1.29 is 19.1 Å². The molecule has 1 N–H and O–H groups in total. The zero-order valence-corrected chi connectivity index (χ0v) is 13.0. The summed E-state index contributed by atoms with van der Waals surface area (Å²) in [6, 6.07) is 0. The third-order valence-corrected chi connectivity index (χ3v) is 3.75. The van der Waals surface area contributed by atoms with Crippen LogP contribution in [0.3, 0.4) is 0 Å². The molecule has 5 heteroatoms. The molecule has 0 unspecified atom stereocenters. The Bertz CT molecular complexity index is 348. The van der Waals surface area contributed by atoms with E-state index in [1.807, 2.05) is 0 Å². The first-order valence-corrected chi connectivity index (χ1v) is 7.87. The van der Waals surface area contributed by atoms with Crippen molar-refractivity contribution in [1.82, 2.24) is 5.32 Å². The number of esters is 1. The van der Waals surface area contributed by atoms with Crippen LogP contribution in [-0.4, -0.2) is 30.8 Å². The van der Waals surface area contributed by atoms with Gasteiger partial charge < -0.3 is 14.8 Å². The van der Waals surface area contributed by atoms with Gasteiger partial charge in [0.2, 0.25) is 0 Å². The molecular formula is C16H27NO4. The van der Waals surface area contributed by atoms with Crippen LogP contribution in [0.15, 0.2) is 12.7 Å². The fraction of sp³-hybridized carbons (Fsp3) is 0.750. The van der Waals surface area contributed by atoms with Crippen LogP contribution in [0.2, 0.25) is 0 Å². The van der Waals surface area contributed by atoms with Crippen LogP contribution in [0.25, 0.3) is 0 Å². The molecule has 0 aromatic carbocycles. The Kier molecular flexibility index (Phi) is 7.87. The van der Waals surface area contributed by atoms with Crippen molar-refractivity contribution in [2.75, 3.05) is 13.2 Å². The number of amides is 1. The Morgan fingerprint density at radius 2 is 1.90 bits per heavy atom. The second-order valence-corrected chi connectivity index (χ2v) is 5.50. The van der Waals surface area contributed by atoms with E-state index in [0.29, 0.717) is 19.4 Å². The summed E-state index contributed by atoms with van der Waals surface area (Å²) in [5.74, 6) is -0.327. The van der Waals surface area contributed by atoms with Crippen molar-refractivity contribution in [2.24, 2.45) is 0 Å². The van der Waals surface area contributed by atoms with Gasteiger partial charge in [-0.3, -0.25) is 0 Å². The SMILES string of the molecule is C=CCOC(=O)NC1(C(=O)OCCCCCC)CCCC1. The van der Waals surface area contributed by atoms with Crippen LogP contribution in [0.1, 0.15) is 58.3 Å². The van der Waals surface area contributed by atoms with Crippen molar-refractivity contribution >= 4 is 12.1 Å². The molecule has 0 aliphatic heterocycles. The quantitative estimate of drug-likeness (QED) is 0.403. The zero-order valence-electron chi connectivity index (χ0n) is 13.0. The monoisotopic (exact) mass is 297 g/mol.